The van der Waals surface area contributed by atoms with Crippen LogP contribution in [0.15, 0.2) is 54.6 Å². The van der Waals surface area contributed by atoms with Crippen molar-refractivity contribution < 1.29 is 9.47 Å². The summed E-state index contributed by atoms with van der Waals surface area (Å²) in [4.78, 5) is 11.5. The van der Waals surface area contributed by atoms with Gasteiger partial charge in [0.2, 0.25) is 5.95 Å². The third kappa shape index (κ3) is 3.45. The molecule has 1 saturated heterocycles. The predicted octanol–water partition coefficient (Wildman–Crippen LogP) is 3.23. The zero-order valence-corrected chi connectivity index (χ0v) is 15.7. The van der Waals surface area contributed by atoms with Gasteiger partial charge in [0.15, 0.2) is 5.65 Å². The van der Waals surface area contributed by atoms with E-state index < -0.39 is 0 Å². The monoisotopic (exact) mass is 388 g/mol. The van der Waals surface area contributed by atoms with Gasteiger partial charge in [-0.1, -0.05) is 18.2 Å². The Morgan fingerprint density at radius 1 is 0.931 bits per heavy atom. The fourth-order valence-corrected chi connectivity index (χ4v) is 3.35. The maximum Gasteiger partial charge on any atom is 0.228 e. The number of rotatable bonds is 4. The molecule has 8 nitrogen and oxygen atoms in total. The molecule has 1 aliphatic rings. The topological polar surface area (TPSA) is 102 Å². The Morgan fingerprint density at radius 2 is 1.66 bits per heavy atom. The van der Waals surface area contributed by atoms with Gasteiger partial charge in [-0.2, -0.15) is 10.1 Å². The maximum atomic E-state index is 6.12. The van der Waals surface area contributed by atoms with E-state index in [0.717, 1.165) is 41.2 Å². The summed E-state index contributed by atoms with van der Waals surface area (Å²) in [5.41, 5.74) is 8.33. The van der Waals surface area contributed by atoms with Crippen molar-refractivity contribution in [3.8, 4) is 22.8 Å². The lowest BCUT2D eigenvalue weighted by Gasteiger charge is -2.27. The van der Waals surface area contributed by atoms with Crippen LogP contribution in [0.3, 0.4) is 0 Å². The standard InChI is InChI=1S/C21H20N6O2/c22-19-17-18(14-6-8-16(9-7-14)29-15-4-2-1-3-5-15)23-21(24-20(17)26-25-19)27-10-12-28-13-11-27/h1-9H,10-13H2,(H3,22,23,24,25,26). The molecule has 4 aromatic rings. The molecule has 0 saturated carbocycles. The van der Waals surface area contributed by atoms with E-state index in [1.807, 2.05) is 54.6 Å². The molecule has 3 heterocycles. The van der Waals surface area contributed by atoms with Crippen LogP contribution in [-0.2, 0) is 4.74 Å². The molecule has 0 unspecified atom stereocenters. The van der Waals surface area contributed by atoms with Gasteiger partial charge in [-0.3, -0.25) is 5.10 Å². The van der Waals surface area contributed by atoms with Gasteiger partial charge in [-0.05, 0) is 36.4 Å². The molecule has 0 radical (unpaired) electrons. The number of benzene rings is 2. The van der Waals surface area contributed by atoms with Gasteiger partial charge in [-0.25, -0.2) is 4.98 Å². The number of anilines is 2. The highest BCUT2D eigenvalue weighted by atomic mass is 16.5. The van der Waals surface area contributed by atoms with Gasteiger partial charge in [0, 0.05) is 18.7 Å². The van der Waals surface area contributed by atoms with Crippen molar-refractivity contribution in [1.82, 2.24) is 20.2 Å². The number of aromatic amines is 1. The van der Waals surface area contributed by atoms with E-state index in [-0.39, 0.29) is 0 Å². The van der Waals surface area contributed by atoms with Crippen molar-refractivity contribution in [2.24, 2.45) is 0 Å². The number of nitrogens with two attached hydrogens (primary N) is 1. The molecular weight excluding hydrogens is 368 g/mol. The largest absolute Gasteiger partial charge is 0.457 e. The van der Waals surface area contributed by atoms with Crippen LogP contribution in [0.4, 0.5) is 11.8 Å². The SMILES string of the molecule is Nc1[nH]nc2nc(N3CCOCC3)nc(-c3ccc(Oc4ccccc4)cc3)c12. The summed E-state index contributed by atoms with van der Waals surface area (Å²) in [6.07, 6.45) is 0. The van der Waals surface area contributed by atoms with E-state index in [2.05, 4.69) is 20.1 Å². The summed E-state index contributed by atoms with van der Waals surface area (Å²) in [5, 5.41) is 7.79. The first-order chi connectivity index (χ1) is 14.3. The minimum Gasteiger partial charge on any atom is -0.457 e. The fourth-order valence-electron chi connectivity index (χ4n) is 3.35. The summed E-state index contributed by atoms with van der Waals surface area (Å²) < 4.78 is 11.3. The lowest BCUT2D eigenvalue weighted by molar-refractivity contribution is 0.122. The highest BCUT2D eigenvalue weighted by Crippen LogP contribution is 2.32. The molecule has 146 valence electrons. The molecule has 0 amide bonds. The number of ether oxygens (including phenoxy) is 2. The number of hydrogen-bond acceptors (Lipinski definition) is 7. The predicted molar refractivity (Wildman–Crippen MR) is 111 cm³/mol. The van der Waals surface area contributed by atoms with E-state index in [0.29, 0.717) is 30.6 Å². The van der Waals surface area contributed by atoms with Gasteiger partial charge >= 0.3 is 0 Å². The summed E-state index contributed by atoms with van der Waals surface area (Å²) >= 11 is 0. The minimum absolute atomic E-state index is 0.452. The van der Waals surface area contributed by atoms with Gasteiger partial charge < -0.3 is 20.1 Å². The third-order valence-electron chi connectivity index (χ3n) is 4.83. The Balaban J connectivity index is 1.52. The van der Waals surface area contributed by atoms with Crippen molar-refractivity contribution in [2.45, 2.75) is 0 Å². The van der Waals surface area contributed by atoms with Crippen molar-refractivity contribution in [3.05, 3.63) is 54.6 Å². The number of H-pyrrole nitrogens is 1. The van der Waals surface area contributed by atoms with Crippen molar-refractivity contribution >= 4 is 22.8 Å². The number of nitrogens with zero attached hydrogens (tertiary/aromatic N) is 4. The van der Waals surface area contributed by atoms with Crippen molar-refractivity contribution in [1.29, 1.82) is 0 Å². The number of para-hydroxylation sites is 1. The van der Waals surface area contributed by atoms with Crippen LogP contribution >= 0.6 is 0 Å². The Morgan fingerprint density at radius 3 is 2.41 bits per heavy atom. The van der Waals surface area contributed by atoms with E-state index in [1.165, 1.54) is 0 Å². The quantitative estimate of drug-likeness (QED) is 0.553. The third-order valence-corrected chi connectivity index (χ3v) is 4.83. The first-order valence-electron chi connectivity index (χ1n) is 9.45. The van der Waals surface area contributed by atoms with Crippen LogP contribution in [0.2, 0.25) is 0 Å². The zero-order valence-electron chi connectivity index (χ0n) is 15.7. The second kappa shape index (κ2) is 7.40. The van der Waals surface area contributed by atoms with Crippen LogP contribution in [0.5, 0.6) is 11.5 Å². The van der Waals surface area contributed by atoms with Gasteiger partial charge in [0.25, 0.3) is 0 Å². The highest BCUT2D eigenvalue weighted by molar-refractivity contribution is 5.98. The molecule has 1 fully saturated rings. The molecular formula is C21H20N6O2. The summed E-state index contributed by atoms with van der Waals surface area (Å²) in [5.74, 6) is 2.62. The Hall–Kier alpha value is -3.65. The van der Waals surface area contributed by atoms with Crippen LogP contribution in [0.1, 0.15) is 0 Å². The Labute approximate surface area is 167 Å². The molecule has 0 bridgehead atoms. The van der Waals surface area contributed by atoms with E-state index >= 15 is 0 Å². The van der Waals surface area contributed by atoms with Gasteiger partial charge in [0.05, 0.1) is 24.3 Å². The normalized spacial score (nSPS) is 14.3. The first-order valence-corrected chi connectivity index (χ1v) is 9.45. The van der Waals surface area contributed by atoms with Crippen molar-refractivity contribution in [2.75, 3.05) is 36.9 Å². The smallest absolute Gasteiger partial charge is 0.228 e. The van der Waals surface area contributed by atoms with E-state index in [1.54, 1.807) is 0 Å². The van der Waals surface area contributed by atoms with Gasteiger partial charge in [-0.15, -0.1) is 0 Å². The molecule has 0 spiro atoms. The Bertz CT molecular complexity index is 1120. The number of hydrogen-bond donors (Lipinski definition) is 2. The molecule has 0 atom stereocenters. The number of aromatic nitrogens is 4. The minimum atomic E-state index is 0.452. The van der Waals surface area contributed by atoms with E-state index in [4.69, 9.17) is 20.2 Å². The van der Waals surface area contributed by atoms with Crippen LogP contribution in [-0.4, -0.2) is 46.5 Å². The maximum absolute atomic E-state index is 6.12. The lowest BCUT2D eigenvalue weighted by atomic mass is 10.1. The van der Waals surface area contributed by atoms with Crippen LogP contribution < -0.4 is 15.4 Å². The Kier molecular flexibility index (Phi) is 4.45. The van der Waals surface area contributed by atoms with Crippen LogP contribution in [0.25, 0.3) is 22.3 Å². The molecule has 2 aromatic carbocycles. The average molecular weight is 388 g/mol. The lowest BCUT2D eigenvalue weighted by Crippen LogP contribution is -2.37. The molecule has 2 aromatic heterocycles. The fraction of sp³-hybridized carbons (Fsp3) is 0.190. The molecule has 5 rings (SSSR count). The molecule has 29 heavy (non-hydrogen) atoms. The number of nitrogen functional groups attached to an aromatic ring is 1. The molecule has 1 aliphatic heterocycles. The van der Waals surface area contributed by atoms with E-state index in [9.17, 15) is 0 Å². The number of nitrogens with one attached hydrogen (secondary N) is 1. The van der Waals surface area contributed by atoms with Gasteiger partial charge in [0.1, 0.15) is 17.3 Å². The highest BCUT2D eigenvalue weighted by Gasteiger charge is 2.20. The molecule has 0 aliphatic carbocycles. The van der Waals surface area contributed by atoms with Crippen molar-refractivity contribution in [3.63, 3.8) is 0 Å². The first kappa shape index (κ1) is 17.4. The zero-order chi connectivity index (χ0) is 19.6. The second-order valence-electron chi connectivity index (χ2n) is 6.75. The molecule has 8 heteroatoms. The number of fused-ring (bicyclic) bond motifs is 1. The number of morpholine rings is 1. The average Bonchev–Trinajstić information content (AvgIpc) is 3.16. The summed E-state index contributed by atoms with van der Waals surface area (Å²) in [7, 11) is 0. The summed E-state index contributed by atoms with van der Waals surface area (Å²) in [6, 6.07) is 17.4. The second-order valence-corrected chi connectivity index (χ2v) is 6.75. The van der Waals surface area contributed by atoms with Crippen LogP contribution in [0, 0.1) is 0 Å². The molecule has 3 N–H and O–H groups in total. The summed E-state index contributed by atoms with van der Waals surface area (Å²) in [6.45, 7) is 2.80.